The first kappa shape index (κ1) is 22.0. The van der Waals surface area contributed by atoms with E-state index in [1.165, 1.54) is 0 Å². The number of hydrogen-bond donors (Lipinski definition) is 4. The number of fused-ring (bicyclic) bond motifs is 2. The van der Waals surface area contributed by atoms with Gasteiger partial charge in [-0.1, -0.05) is 24.3 Å². The van der Waals surface area contributed by atoms with Crippen molar-refractivity contribution in [3.05, 3.63) is 70.7 Å². The Hall–Kier alpha value is -3.80. The van der Waals surface area contributed by atoms with Crippen molar-refractivity contribution in [2.24, 2.45) is 5.73 Å². The van der Waals surface area contributed by atoms with Gasteiger partial charge in [0.25, 0.3) is 5.91 Å². The minimum Gasteiger partial charge on any atom is -0.423 e. The molecule has 0 fully saturated rings. The number of nitrogens with zero attached hydrogens (tertiary/aromatic N) is 5. The maximum absolute atomic E-state index is 11.9. The van der Waals surface area contributed by atoms with Crippen LogP contribution in [0.3, 0.4) is 0 Å². The number of benzene rings is 1. The van der Waals surface area contributed by atoms with Crippen LogP contribution in [0.5, 0.6) is 0 Å². The molecule has 0 aliphatic carbocycles. The van der Waals surface area contributed by atoms with Crippen molar-refractivity contribution in [2.45, 2.75) is 26.6 Å². The van der Waals surface area contributed by atoms with Gasteiger partial charge in [0.15, 0.2) is 5.82 Å². The summed E-state index contributed by atoms with van der Waals surface area (Å²) in [7, 11) is 0.502. The SMILES string of the molecule is Cc1nc2c(C(N)=O)cccn2c1-c1nc2c(c(NCc3cccc(B(O)O)c3)n1)CN(C)C2. The second-order valence-electron chi connectivity index (χ2n) is 8.49. The van der Waals surface area contributed by atoms with Gasteiger partial charge in [0.05, 0.1) is 17.0 Å². The third kappa shape index (κ3) is 3.90. The zero-order chi connectivity index (χ0) is 24.0. The molecule has 5 N–H and O–H groups in total. The standard InChI is InChI=1S/C23H24BN7O3/c1-13-19(31-8-4-7-16(20(25)32)23(31)27-13)22-28-18-12-30(2)11-17(18)21(29-22)26-10-14-5-3-6-15(9-14)24(33)34/h3-9,33-34H,10-12H2,1-2H3,(H2,25,32)(H,26,28,29). The number of aromatic nitrogens is 4. The molecule has 0 unspecified atom stereocenters. The molecule has 0 saturated heterocycles. The van der Waals surface area contributed by atoms with E-state index >= 15 is 0 Å². The Morgan fingerprint density at radius 1 is 1.18 bits per heavy atom. The summed E-state index contributed by atoms with van der Waals surface area (Å²) in [5.74, 6) is 0.665. The number of carbonyl (C=O) groups is 1. The highest BCUT2D eigenvalue weighted by atomic mass is 16.4. The molecule has 0 saturated carbocycles. The predicted octanol–water partition coefficient (Wildman–Crippen LogP) is 0.436. The van der Waals surface area contributed by atoms with Crippen LogP contribution in [0.4, 0.5) is 5.82 Å². The molecular formula is C23H24BN7O3. The van der Waals surface area contributed by atoms with Crippen LogP contribution in [-0.2, 0) is 19.6 Å². The molecule has 1 amide bonds. The van der Waals surface area contributed by atoms with Gasteiger partial charge in [-0.2, -0.15) is 0 Å². The topological polar surface area (TPSA) is 142 Å². The molecule has 3 aromatic heterocycles. The summed E-state index contributed by atoms with van der Waals surface area (Å²) < 4.78 is 1.80. The van der Waals surface area contributed by atoms with Gasteiger partial charge in [-0.15, -0.1) is 0 Å². The van der Waals surface area contributed by atoms with Gasteiger partial charge in [-0.3, -0.25) is 14.1 Å². The number of aryl methyl sites for hydroxylation is 1. The predicted molar refractivity (Wildman–Crippen MR) is 128 cm³/mol. The van der Waals surface area contributed by atoms with Gasteiger partial charge in [-0.05, 0) is 37.1 Å². The Labute approximate surface area is 196 Å². The average molecular weight is 457 g/mol. The van der Waals surface area contributed by atoms with Crippen molar-refractivity contribution in [3.8, 4) is 11.5 Å². The van der Waals surface area contributed by atoms with Gasteiger partial charge in [0.1, 0.15) is 17.2 Å². The monoisotopic (exact) mass is 457 g/mol. The Morgan fingerprint density at radius 3 is 2.76 bits per heavy atom. The van der Waals surface area contributed by atoms with Gasteiger partial charge in [0.2, 0.25) is 0 Å². The van der Waals surface area contributed by atoms with E-state index in [1.54, 1.807) is 34.7 Å². The molecule has 34 heavy (non-hydrogen) atoms. The number of pyridine rings is 1. The van der Waals surface area contributed by atoms with E-state index in [9.17, 15) is 14.8 Å². The molecule has 4 heterocycles. The molecule has 11 heteroatoms. The summed E-state index contributed by atoms with van der Waals surface area (Å²) in [4.78, 5) is 28.3. The van der Waals surface area contributed by atoms with Crippen LogP contribution < -0.4 is 16.5 Å². The van der Waals surface area contributed by atoms with E-state index in [0.29, 0.717) is 59.3 Å². The highest BCUT2D eigenvalue weighted by Crippen LogP contribution is 2.31. The highest BCUT2D eigenvalue weighted by molar-refractivity contribution is 6.58. The molecular weight excluding hydrogens is 433 g/mol. The zero-order valence-corrected chi connectivity index (χ0v) is 18.9. The van der Waals surface area contributed by atoms with Crippen LogP contribution in [0.25, 0.3) is 17.2 Å². The number of amides is 1. The Morgan fingerprint density at radius 2 is 2.00 bits per heavy atom. The summed E-state index contributed by atoms with van der Waals surface area (Å²) in [5.41, 5.74) is 11.0. The molecule has 1 aliphatic heterocycles. The second-order valence-corrected chi connectivity index (χ2v) is 8.49. The van der Waals surface area contributed by atoms with E-state index in [2.05, 4.69) is 15.2 Å². The van der Waals surface area contributed by atoms with Crippen LogP contribution >= 0.6 is 0 Å². The molecule has 0 bridgehead atoms. The molecule has 0 atom stereocenters. The minimum atomic E-state index is -1.52. The Balaban J connectivity index is 1.57. The molecule has 5 rings (SSSR count). The van der Waals surface area contributed by atoms with Crippen LogP contribution in [0.15, 0.2) is 42.6 Å². The van der Waals surface area contributed by atoms with E-state index in [-0.39, 0.29) is 0 Å². The van der Waals surface area contributed by atoms with Gasteiger partial charge < -0.3 is 21.1 Å². The number of primary amides is 1. The van der Waals surface area contributed by atoms with Crippen LogP contribution in [0, 0.1) is 6.92 Å². The van der Waals surface area contributed by atoms with Crippen molar-refractivity contribution in [2.75, 3.05) is 12.4 Å². The fraction of sp³-hybridized carbons (Fsp3) is 0.217. The molecule has 172 valence electrons. The van der Waals surface area contributed by atoms with Crippen LogP contribution in [0.2, 0.25) is 0 Å². The van der Waals surface area contributed by atoms with E-state index in [0.717, 1.165) is 16.8 Å². The fourth-order valence-corrected chi connectivity index (χ4v) is 4.35. The lowest BCUT2D eigenvalue weighted by molar-refractivity contribution is 0.100. The molecule has 0 spiro atoms. The number of nitrogens with one attached hydrogen (secondary N) is 1. The summed E-state index contributed by atoms with van der Waals surface area (Å²) >= 11 is 0. The maximum atomic E-state index is 11.9. The first-order valence-electron chi connectivity index (χ1n) is 10.9. The largest absolute Gasteiger partial charge is 0.488 e. The number of nitrogens with two attached hydrogens (primary N) is 1. The second kappa shape index (κ2) is 8.52. The number of rotatable bonds is 6. The fourth-order valence-electron chi connectivity index (χ4n) is 4.35. The summed E-state index contributed by atoms with van der Waals surface area (Å²) in [5, 5.41) is 22.3. The third-order valence-corrected chi connectivity index (χ3v) is 5.95. The van der Waals surface area contributed by atoms with Gasteiger partial charge >= 0.3 is 7.12 Å². The summed E-state index contributed by atoms with van der Waals surface area (Å²) in [6, 6.07) is 10.5. The number of anilines is 1. The van der Waals surface area contributed by atoms with Crippen LogP contribution in [0.1, 0.15) is 32.9 Å². The first-order chi connectivity index (χ1) is 16.3. The number of hydrogen-bond acceptors (Lipinski definition) is 8. The molecule has 10 nitrogen and oxygen atoms in total. The minimum absolute atomic E-state index is 0.335. The first-order valence-corrected chi connectivity index (χ1v) is 10.9. The molecule has 1 aromatic carbocycles. The average Bonchev–Trinajstić information content (AvgIpc) is 3.35. The van der Waals surface area contributed by atoms with Crippen molar-refractivity contribution in [3.63, 3.8) is 0 Å². The van der Waals surface area contributed by atoms with Crippen molar-refractivity contribution >= 4 is 30.0 Å². The Kier molecular flexibility index (Phi) is 5.52. The van der Waals surface area contributed by atoms with E-state index < -0.39 is 13.0 Å². The zero-order valence-electron chi connectivity index (χ0n) is 18.9. The maximum Gasteiger partial charge on any atom is 0.488 e. The summed E-state index contributed by atoms with van der Waals surface area (Å²) in [6.07, 6.45) is 1.82. The summed E-state index contributed by atoms with van der Waals surface area (Å²) in [6.45, 7) is 3.71. The number of imidazole rings is 1. The lowest BCUT2D eigenvalue weighted by atomic mass is 9.79. The lowest BCUT2D eigenvalue weighted by Crippen LogP contribution is -2.30. The normalized spacial score (nSPS) is 13.3. The van der Waals surface area contributed by atoms with E-state index in [1.807, 2.05) is 26.2 Å². The van der Waals surface area contributed by atoms with Gasteiger partial charge in [-0.25, -0.2) is 15.0 Å². The van der Waals surface area contributed by atoms with E-state index in [4.69, 9.17) is 15.7 Å². The smallest absolute Gasteiger partial charge is 0.423 e. The number of carbonyl (C=O) groups excluding carboxylic acids is 1. The molecule has 4 aromatic rings. The molecule has 0 radical (unpaired) electrons. The van der Waals surface area contributed by atoms with Crippen molar-refractivity contribution in [1.82, 2.24) is 24.3 Å². The Bertz CT molecular complexity index is 1420. The quantitative estimate of drug-likeness (QED) is 0.306. The van der Waals surface area contributed by atoms with Crippen molar-refractivity contribution in [1.29, 1.82) is 0 Å². The van der Waals surface area contributed by atoms with Crippen LogP contribution in [-0.4, -0.2) is 54.4 Å². The van der Waals surface area contributed by atoms with Crippen molar-refractivity contribution < 1.29 is 14.8 Å². The lowest BCUT2D eigenvalue weighted by Gasteiger charge is -2.13. The van der Waals surface area contributed by atoms with Gasteiger partial charge in [0, 0.05) is 31.4 Å². The molecule has 1 aliphatic rings. The third-order valence-electron chi connectivity index (χ3n) is 5.95. The highest BCUT2D eigenvalue weighted by Gasteiger charge is 2.26.